The first kappa shape index (κ1) is 12.9. The summed E-state index contributed by atoms with van der Waals surface area (Å²) in [4.78, 5) is 11.3. The van der Waals surface area contributed by atoms with Crippen molar-refractivity contribution >= 4 is 5.97 Å². The highest BCUT2D eigenvalue weighted by Crippen LogP contribution is 2.36. The second-order valence-electron chi connectivity index (χ2n) is 3.45. The molecule has 2 aromatic rings. The minimum atomic E-state index is -0.694. The van der Waals surface area contributed by atoms with Gasteiger partial charge in [-0.05, 0) is 12.1 Å². The zero-order valence-corrected chi connectivity index (χ0v) is 10.7. The minimum absolute atomic E-state index is 0.149. The summed E-state index contributed by atoms with van der Waals surface area (Å²) >= 11 is 0. The van der Waals surface area contributed by atoms with Crippen LogP contribution in [0.1, 0.15) is 10.7 Å². The van der Waals surface area contributed by atoms with Gasteiger partial charge in [-0.2, -0.15) is 0 Å². The summed E-state index contributed by atoms with van der Waals surface area (Å²) in [5.41, 5.74) is 0.532. The van der Waals surface area contributed by atoms with Crippen LogP contribution in [0.2, 0.25) is 0 Å². The van der Waals surface area contributed by atoms with Crippen molar-refractivity contribution in [3.05, 3.63) is 24.1 Å². The SMILES string of the molecule is COC(=O)c1nnc(-c2cccc(OC)c2OC)o1. The van der Waals surface area contributed by atoms with Crippen LogP contribution in [0.5, 0.6) is 11.5 Å². The quantitative estimate of drug-likeness (QED) is 0.774. The van der Waals surface area contributed by atoms with Gasteiger partial charge < -0.3 is 18.6 Å². The molecule has 0 saturated carbocycles. The number of para-hydroxylation sites is 1. The van der Waals surface area contributed by atoms with Gasteiger partial charge in [0, 0.05) is 0 Å². The highest BCUT2D eigenvalue weighted by Gasteiger charge is 2.20. The summed E-state index contributed by atoms with van der Waals surface area (Å²) in [6, 6.07) is 5.20. The fourth-order valence-corrected chi connectivity index (χ4v) is 1.56. The molecule has 7 nitrogen and oxygen atoms in total. The molecule has 0 saturated heterocycles. The summed E-state index contributed by atoms with van der Waals surface area (Å²) in [5, 5.41) is 7.39. The van der Waals surface area contributed by atoms with Crippen LogP contribution in [-0.4, -0.2) is 37.5 Å². The third-order valence-corrected chi connectivity index (χ3v) is 2.42. The number of aromatic nitrogens is 2. The number of hydrogen-bond donors (Lipinski definition) is 0. The monoisotopic (exact) mass is 264 g/mol. The molecule has 7 heteroatoms. The van der Waals surface area contributed by atoms with E-state index in [1.807, 2.05) is 0 Å². The van der Waals surface area contributed by atoms with Crippen molar-refractivity contribution in [2.24, 2.45) is 0 Å². The Morgan fingerprint density at radius 2 is 1.95 bits per heavy atom. The van der Waals surface area contributed by atoms with Gasteiger partial charge in [-0.1, -0.05) is 6.07 Å². The second-order valence-corrected chi connectivity index (χ2v) is 3.45. The fraction of sp³-hybridized carbons (Fsp3) is 0.250. The van der Waals surface area contributed by atoms with Crippen molar-refractivity contribution < 1.29 is 23.4 Å². The van der Waals surface area contributed by atoms with Gasteiger partial charge in [-0.15, -0.1) is 10.2 Å². The lowest BCUT2D eigenvalue weighted by molar-refractivity contribution is 0.0556. The van der Waals surface area contributed by atoms with Gasteiger partial charge in [-0.3, -0.25) is 0 Å². The Hall–Kier alpha value is -2.57. The largest absolute Gasteiger partial charge is 0.493 e. The molecule has 2 rings (SSSR count). The predicted octanol–water partition coefficient (Wildman–Crippen LogP) is 1.54. The first-order chi connectivity index (χ1) is 9.21. The first-order valence-electron chi connectivity index (χ1n) is 5.34. The highest BCUT2D eigenvalue weighted by atomic mass is 16.5. The van der Waals surface area contributed by atoms with Crippen LogP contribution in [0.25, 0.3) is 11.5 Å². The van der Waals surface area contributed by atoms with Crippen molar-refractivity contribution in [3.8, 4) is 23.0 Å². The van der Waals surface area contributed by atoms with Crippen LogP contribution in [0, 0.1) is 0 Å². The third-order valence-electron chi connectivity index (χ3n) is 2.42. The Morgan fingerprint density at radius 1 is 1.16 bits per heavy atom. The van der Waals surface area contributed by atoms with Crippen molar-refractivity contribution in [1.29, 1.82) is 0 Å². The Kier molecular flexibility index (Phi) is 3.65. The Labute approximate surface area is 109 Å². The lowest BCUT2D eigenvalue weighted by Crippen LogP contribution is -2.00. The fourth-order valence-electron chi connectivity index (χ4n) is 1.56. The molecule has 0 aliphatic rings. The number of esters is 1. The van der Waals surface area contributed by atoms with E-state index in [9.17, 15) is 4.79 Å². The Morgan fingerprint density at radius 3 is 2.58 bits per heavy atom. The standard InChI is InChI=1S/C12H12N2O5/c1-16-8-6-4-5-7(9(8)17-2)10-13-14-11(19-10)12(15)18-3/h4-6H,1-3H3. The van der Waals surface area contributed by atoms with Crippen LogP contribution >= 0.6 is 0 Å². The lowest BCUT2D eigenvalue weighted by Gasteiger charge is -2.09. The molecule has 0 radical (unpaired) electrons. The van der Waals surface area contributed by atoms with E-state index in [0.29, 0.717) is 17.1 Å². The van der Waals surface area contributed by atoms with Gasteiger partial charge in [0.25, 0.3) is 5.89 Å². The molecule has 0 atom stereocenters. The highest BCUT2D eigenvalue weighted by molar-refractivity contribution is 5.84. The van der Waals surface area contributed by atoms with E-state index in [1.165, 1.54) is 21.3 Å². The molecular weight excluding hydrogens is 252 g/mol. The molecule has 0 fully saturated rings. The van der Waals surface area contributed by atoms with Gasteiger partial charge in [0.15, 0.2) is 11.5 Å². The number of rotatable bonds is 4. The third kappa shape index (κ3) is 2.35. The van der Waals surface area contributed by atoms with Crippen LogP contribution in [-0.2, 0) is 4.74 Å². The number of ether oxygens (including phenoxy) is 3. The van der Waals surface area contributed by atoms with Crippen molar-refractivity contribution in [2.45, 2.75) is 0 Å². The topological polar surface area (TPSA) is 83.7 Å². The summed E-state index contributed by atoms with van der Waals surface area (Å²) in [6.07, 6.45) is 0. The molecule has 19 heavy (non-hydrogen) atoms. The molecule has 0 amide bonds. The maximum Gasteiger partial charge on any atom is 0.396 e. The normalized spacial score (nSPS) is 10.1. The van der Waals surface area contributed by atoms with E-state index in [-0.39, 0.29) is 11.8 Å². The summed E-state index contributed by atoms with van der Waals surface area (Å²) < 4.78 is 20.1. The molecule has 0 aliphatic heterocycles. The molecule has 0 bridgehead atoms. The number of carbonyl (C=O) groups is 1. The van der Waals surface area contributed by atoms with Crippen LogP contribution in [0.4, 0.5) is 0 Å². The number of methoxy groups -OCH3 is 3. The lowest BCUT2D eigenvalue weighted by atomic mass is 10.2. The van der Waals surface area contributed by atoms with Crippen molar-refractivity contribution in [3.63, 3.8) is 0 Å². The van der Waals surface area contributed by atoms with Gasteiger partial charge in [-0.25, -0.2) is 4.79 Å². The van der Waals surface area contributed by atoms with Gasteiger partial charge in [0.05, 0.1) is 26.9 Å². The zero-order valence-electron chi connectivity index (χ0n) is 10.7. The second kappa shape index (κ2) is 5.38. The molecule has 1 heterocycles. The maximum atomic E-state index is 11.3. The molecule has 0 N–H and O–H groups in total. The maximum absolute atomic E-state index is 11.3. The molecular formula is C12H12N2O5. The molecule has 0 aliphatic carbocycles. The minimum Gasteiger partial charge on any atom is -0.493 e. The zero-order chi connectivity index (χ0) is 13.8. The first-order valence-corrected chi connectivity index (χ1v) is 5.34. The van der Waals surface area contributed by atoms with Crippen LogP contribution < -0.4 is 9.47 Å². The average molecular weight is 264 g/mol. The van der Waals surface area contributed by atoms with E-state index in [1.54, 1.807) is 18.2 Å². The summed E-state index contributed by atoms with van der Waals surface area (Å²) in [6.45, 7) is 0. The number of nitrogens with zero attached hydrogens (tertiary/aromatic N) is 2. The van der Waals surface area contributed by atoms with E-state index in [4.69, 9.17) is 13.9 Å². The van der Waals surface area contributed by atoms with E-state index < -0.39 is 5.97 Å². The Balaban J connectivity index is 2.47. The van der Waals surface area contributed by atoms with E-state index >= 15 is 0 Å². The van der Waals surface area contributed by atoms with E-state index in [0.717, 1.165) is 0 Å². The average Bonchev–Trinajstić information content (AvgIpc) is 2.95. The van der Waals surface area contributed by atoms with Crippen molar-refractivity contribution in [2.75, 3.05) is 21.3 Å². The summed E-state index contributed by atoms with van der Waals surface area (Å²) in [7, 11) is 4.26. The number of benzene rings is 1. The van der Waals surface area contributed by atoms with E-state index in [2.05, 4.69) is 14.9 Å². The molecule has 1 aromatic heterocycles. The van der Waals surface area contributed by atoms with Gasteiger partial charge in [0.1, 0.15) is 0 Å². The molecule has 0 unspecified atom stereocenters. The van der Waals surface area contributed by atoms with Gasteiger partial charge in [0.2, 0.25) is 0 Å². The molecule has 100 valence electrons. The van der Waals surface area contributed by atoms with Crippen molar-refractivity contribution in [1.82, 2.24) is 10.2 Å². The summed E-state index contributed by atoms with van der Waals surface area (Å²) in [5.74, 6) is 0.210. The number of carbonyl (C=O) groups excluding carboxylic acids is 1. The van der Waals surface area contributed by atoms with Crippen LogP contribution in [0.15, 0.2) is 22.6 Å². The van der Waals surface area contributed by atoms with Crippen LogP contribution in [0.3, 0.4) is 0 Å². The predicted molar refractivity (Wildman–Crippen MR) is 64.2 cm³/mol. The molecule has 1 aromatic carbocycles. The molecule has 0 spiro atoms. The van der Waals surface area contributed by atoms with Gasteiger partial charge >= 0.3 is 11.9 Å². The smallest absolute Gasteiger partial charge is 0.396 e. The Bertz CT molecular complexity index is 594. The number of hydrogen-bond acceptors (Lipinski definition) is 7.